The van der Waals surface area contributed by atoms with Crippen molar-refractivity contribution in [2.45, 2.75) is 46.1 Å². The Bertz CT molecular complexity index is 409. The third-order valence-corrected chi connectivity index (χ3v) is 4.99. The van der Waals surface area contributed by atoms with E-state index in [0.717, 1.165) is 23.9 Å². The van der Waals surface area contributed by atoms with Crippen molar-refractivity contribution in [1.29, 1.82) is 0 Å². The van der Waals surface area contributed by atoms with E-state index >= 15 is 0 Å². The second-order valence-corrected chi connectivity index (χ2v) is 6.53. The van der Waals surface area contributed by atoms with Gasteiger partial charge in [-0.3, -0.25) is 4.90 Å². The summed E-state index contributed by atoms with van der Waals surface area (Å²) in [5, 5.41) is 4.06. The third-order valence-electron chi connectivity index (χ3n) is 4.99. The molecule has 0 amide bonds. The molecule has 3 rings (SSSR count). The fourth-order valence-corrected chi connectivity index (χ4v) is 3.61. The molecule has 0 N–H and O–H groups in total. The molecule has 3 heterocycles. The van der Waals surface area contributed by atoms with Gasteiger partial charge in [0.15, 0.2) is 0 Å². The summed E-state index contributed by atoms with van der Waals surface area (Å²) >= 11 is 0. The maximum Gasteiger partial charge on any atom is 0.138 e. The van der Waals surface area contributed by atoms with Crippen LogP contribution >= 0.6 is 0 Å². The lowest BCUT2D eigenvalue weighted by Crippen LogP contribution is -2.37. The van der Waals surface area contributed by atoms with Crippen LogP contribution in [0.15, 0.2) is 4.52 Å². The molecule has 1 aromatic heterocycles. The van der Waals surface area contributed by atoms with Crippen LogP contribution < -0.4 is 0 Å². The highest BCUT2D eigenvalue weighted by molar-refractivity contribution is 5.20. The maximum atomic E-state index is 5.26. The molecule has 1 aromatic rings. The van der Waals surface area contributed by atoms with Crippen LogP contribution in [0.5, 0.6) is 0 Å². The van der Waals surface area contributed by atoms with Crippen LogP contribution in [0.3, 0.4) is 0 Å². The van der Waals surface area contributed by atoms with E-state index in [2.05, 4.69) is 15.0 Å². The minimum Gasteiger partial charge on any atom is -0.361 e. The number of rotatable bonds is 4. The SMILES string of the molecule is Cc1noc(C)c1CN1CCC(CN2CCCC2)CC1. The largest absolute Gasteiger partial charge is 0.361 e. The highest BCUT2D eigenvalue weighted by Crippen LogP contribution is 2.23. The Balaban J connectivity index is 1.46. The van der Waals surface area contributed by atoms with Crippen molar-refractivity contribution in [1.82, 2.24) is 15.0 Å². The molecule has 2 aliphatic heterocycles. The number of piperidine rings is 1. The number of hydrogen-bond acceptors (Lipinski definition) is 4. The summed E-state index contributed by atoms with van der Waals surface area (Å²) in [6, 6.07) is 0. The highest BCUT2D eigenvalue weighted by Gasteiger charge is 2.24. The number of aromatic nitrogens is 1. The Morgan fingerprint density at radius 1 is 1.05 bits per heavy atom. The van der Waals surface area contributed by atoms with Crippen LogP contribution in [-0.4, -0.2) is 47.7 Å². The van der Waals surface area contributed by atoms with Crippen LogP contribution in [0, 0.1) is 19.8 Å². The van der Waals surface area contributed by atoms with Gasteiger partial charge in [-0.15, -0.1) is 0 Å². The van der Waals surface area contributed by atoms with Gasteiger partial charge in [0.1, 0.15) is 5.76 Å². The maximum absolute atomic E-state index is 5.26. The average molecular weight is 277 g/mol. The lowest BCUT2D eigenvalue weighted by Gasteiger charge is -2.33. The van der Waals surface area contributed by atoms with Crippen molar-refractivity contribution in [3.63, 3.8) is 0 Å². The first kappa shape index (κ1) is 14.1. The molecule has 2 saturated heterocycles. The first-order valence-corrected chi connectivity index (χ1v) is 8.09. The van der Waals surface area contributed by atoms with Crippen LogP contribution in [0.4, 0.5) is 0 Å². The van der Waals surface area contributed by atoms with E-state index in [4.69, 9.17) is 4.52 Å². The molecule has 0 spiro atoms. The Hall–Kier alpha value is -0.870. The Kier molecular flexibility index (Phi) is 4.41. The van der Waals surface area contributed by atoms with E-state index in [1.54, 1.807) is 0 Å². The molecule has 0 unspecified atom stereocenters. The second-order valence-electron chi connectivity index (χ2n) is 6.53. The standard InChI is InChI=1S/C16H27N3O/c1-13-16(14(2)20-17-13)12-19-9-5-15(6-10-19)11-18-7-3-4-8-18/h15H,3-12H2,1-2H3. The summed E-state index contributed by atoms with van der Waals surface area (Å²) in [6.45, 7) is 11.5. The average Bonchev–Trinajstić information content (AvgIpc) is 3.06. The first-order chi connectivity index (χ1) is 9.72. The van der Waals surface area contributed by atoms with E-state index in [1.807, 2.05) is 13.8 Å². The molecule has 2 fully saturated rings. The van der Waals surface area contributed by atoms with Crippen molar-refractivity contribution < 1.29 is 4.52 Å². The van der Waals surface area contributed by atoms with Crippen LogP contribution in [-0.2, 0) is 6.54 Å². The molecule has 4 heteroatoms. The van der Waals surface area contributed by atoms with Gasteiger partial charge in [0.25, 0.3) is 0 Å². The summed E-state index contributed by atoms with van der Waals surface area (Å²) in [4.78, 5) is 5.22. The van der Waals surface area contributed by atoms with Gasteiger partial charge < -0.3 is 9.42 Å². The van der Waals surface area contributed by atoms with Gasteiger partial charge in [0, 0.05) is 18.7 Å². The van der Waals surface area contributed by atoms with Gasteiger partial charge in [-0.1, -0.05) is 5.16 Å². The van der Waals surface area contributed by atoms with E-state index < -0.39 is 0 Å². The normalized spacial score (nSPS) is 22.7. The minimum atomic E-state index is 0.911. The van der Waals surface area contributed by atoms with Crippen molar-refractivity contribution in [2.24, 2.45) is 5.92 Å². The molecule has 4 nitrogen and oxygen atoms in total. The lowest BCUT2D eigenvalue weighted by molar-refractivity contribution is 0.148. The molecule has 0 atom stereocenters. The molecule has 0 radical (unpaired) electrons. The smallest absolute Gasteiger partial charge is 0.138 e. The van der Waals surface area contributed by atoms with Crippen molar-refractivity contribution >= 4 is 0 Å². The predicted molar refractivity (Wildman–Crippen MR) is 79.7 cm³/mol. The molecule has 2 aliphatic rings. The summed E-state index contributed by atoms with van der Waals surface area (Å²) < 4.78 is 5.26. The van der Waals surface area contributed by atoms with Crippen LogP contribution in [0.2, 0.25) is 0 Å². The van der Waals surface area contributed by atoms with Gasteiger partial charge in [0.05, 0.1) is 5.69 Å². The predicted octanol–water partition coefficient (Wildman–Crippen LogP) is 2.60. The molecular weight excluding hydrogens is 250 g/mol. The number of likely N-dealkylation sites (tertiary alicyclic amines) is 2. The van der Waals surface area contributed by atoms with Gasteiger partial charge in [-0.05, 0) is 71.6 Å². The zero-order valence-corrected chi connectivity index (χ0v) is 12.9. The highest BCUT2D eigenvalue weighted by atomic mass is 16.5. The van der Waals surface area contributed by atoms with Gasteiger partial charge in [0.2, 0.25) is 0 Å². The van der Waals surface area contributed by atoms with E-state index in [9.17, 15) is 0 Å². The van der Waals surface area contributed by atoms with Crippen molar-refractivity contribution in [3.05, 3.63) is 17.0 Å². The van der Waals surface area contributed by atoms with E-state index in [0.29, 0.717) is 0 Å². The lowest BCUT2D eigenvalue weighted by atomic mass is 9.96. The third kappa shape index (κ3) is 3.23. The first-order valence-electron chi connectivity index (χ1n) is 8.09. The Morgan fingerprint density at radius 2 is 1.75 bits per heavy atom. The number of nitrogens with zero attached hydrogens (tertiary/aromatic N) is 3. The zero-order valence-electron chi connectivity index (χ0n) is 12.9. The van der Waals surface area contributed by atoms with Gasteiger partial charge in [-0.2, -0.15) is 0 Å². The monoisotopic (exact) mass is 277 g/mol. The van der Waals surface area contributed by atoms with Gasteiger partial charge >= 0.3 is 0 Å². The number of hydrogen-bond donors (Lipinski definition) is 0. The molecule has 20 heavy (non-hydrogen) atoms. The van der Waals surface area contributed by atoms with Crippen molar-refractivity contribution in [3.8, 4) is 0 Å². The quantitative estimate of drug-likeness (QED) is 0.847. The fourth-order valence-electron chi connectivity index (χ4n) is 3.61. The summed E-state index contributed by atoms with van der Waals surface area (Å²) in [6.07, 6.45) is 5.51. The molecule has 0 aliphatic carbocycles. The minimum absolute atomic E-state index is 0.911. The number of aryl methyl sites for hydroxylation is 2. The zero-order chi connectivity index (χ0) is 13.9. The fraction of sp³-hybridized carbons (Fsp3) is 0.812. The molecule has 112 valence electrons. The summed E-state index contributed by atoms with van der Waals surface area (Å²) in [5.41, 5.74) is 2.35. The Morgan fingerprint density at radius 3 is 2.35 bits per heavy atom. The van der Waals surface area contributed by atoms with Crippen LogP contribution in [0.25, 0.3) is 0 Å². The second kappa shape index (κ2) is 6.27. The summed E-state index contributed by atoms with van der Waals surface area (Å²) in [7, 11) is 0. The molecule has 0 bridgehead atoms. The van der Waals surface area contributed by atoms with Gasteiger partial charge in [-0.25, -0.2) is 0 Å². The van der Waals surface area contributed by atoms with Crippen molar-refractivity contribution in [2.75, 3.05) is 32.7 Å². The topological polar surface area (TPSA) is 32.5 Å². The van der Waals surface area contributed by atoms with E-state index in [-0.39, 0.29) is 0 Å². The molecule has 0 saturated carbocycles. The van der Waals surface area contributed by atoms with Crippen LogP contribution in [0.1, 0.15) is 42.7 Å². The molecule has 0 aromatic carbocycles. The van der Waals surface area contributed by atoms with E-state index in [1.165, 1.54) is 64.0 Å². The molecular formula is C16H27N3O. The summed E-state index contributed by atoms with van der Waals surface area (Å²) in [5.74, 6) is 1.90. The Labute approximate surface area is 122 Å².